The lowest BCUT2D eigenvalue weighted by molar-refractivity contribution is -0.114. The molecule has 0 bridgehead atoms. The van der Waals surface area contributed by atoms with Crippen molar-refractivity contribution in [3.63, 3.8) is 0 Å². The number of carbonyl (C=O) groups excluding carboxylic acids is 1. The van der Waals surface area contributed by atoms with Gasteiger partial charge in [-0.3, -0.25) is 4.79 Å². The van der Waals surface area contributed by atoms with Crippen molar-refractivity contribution in [1.29, 1.82) is 0 Å². The van der Waals surface area contributed by atoms with Crippen molar-refractivity contribution >= 4 is 17.3 Å². The highest BCUT2D eigenvalue weighted by Crippen LogP contribution is 2.27. The van der Waals surface area contributed by atoms with E-state index in [1.54, 1.807) is 18.2 Å². The van der Waals surface area contributed by atoms with Crippen LogP contribution in [0, 0.1) is 0 Å². The zero-order valence-electron chi connectivity index (χ0n) is 10.0. The molecule has 1 amide bonds. The highest BCUT2D eigenvalue weighted by molar-refractivity contribution is 5.92. The Labute approximate surface area is 105 Å². The number of hydrogen-bond donors (Lipinski definition) is 2. The van der Waals surface area contributed by atoms with Gasteiger partial charge in [-0.25, -0.2) is 0 Å². The minimum Gasteiger partial charge on any atom is -0.457 e. The molecule has 0 aliphatic carbocycles. The maximum absolute atomic E-state index is 10.9. The number of nitrogens with two attached hydrogens (primary N) is 1. The predicted molar refractivity (Wildman–Crippen MR) is 71.7 cm³/mol. The van der Waals surface area contributed by atoms with Crippen molar-refractivity contribution < 1.29 is 9.53 Å². The fraction of sp³-hybridized carbons (Fsp3) is 0.0714. The van der Waals surface area contributed by atoms with E-state index in [1.807, 2.05) is 30.3 Å². The van der Waals surface area contributed by atoms with Gasteiger partial charge in [-0.15, -0.1) is 0 Å². The predicted octanol–water partition coefficient (Wildman–Crippen LogP) is 3.02. The second kappa shape index (κ2) is 5.23. The zero-order chi connectivity index (χ0) is 13.0. The Bertz CT molecular complexity index is 553. The monoisotopic (exact) mass is 242 g/mol. The molecule has 0 aliphatic heterocycles. The summed E-state index contributed by atoms with van der Waals surface area (Å²) in [4.78, 5) is 10.9. The average molecular weight is 242 g/mol. The van der Waals surface area contributed by atoms with E-state index in [4.69, 9.17) is 10.5 Å². The molecule has 0 aliphatic rings. The number of hydrogen-bond acceptors (Lipinski definition) is 3. The van der Waals surface area contributed by atoms with Crippen LogP contribution >= 0.6 is 0 Å². The molecule has 0 aromatic heterocycles. The summed E-state index contributed by atoms with van der Waals surface area (Å²) in [5.74, 6) is 1.22. The molecule has 0 spiro atoms. The second-order valence-electron chi connectivity index (χ2n) is 3.85. The Hall–Kier alpha value is -2.49. The van der Waals surface area contributed by atoms with Crippen LogP contribution in [0.2, 0.25) is 0 Å². The molecule has 18 heavy (non-hydrogen) atoms. The van der Waals surface area contributed by atoms with Crippen LogP contribution in [0.4, 0.5) is 11.4 Å². The molecule has 2 aromatic carbocycles. The Balaban J connectivity index is 2.16. The summed E-state index contributed by atoms with van der Waals surface area (Å²) in [6.07, 6.45) is 0. The average Bonchev–Trinajstić information content (AvgIpc) is 2.33. The number of carbonyl (C=O) groups is 1. The summed E-state index contributed by atoms with van der Waals surface area (Å²) in [5, 5.41) is 2.64. The van der Waals surface area contributed by atoms with Crippen LogP contribution in [0.1, 0.15) is 6.92 Å². The fourth-order valence-corrected chi connectivity index (χ4v) is 1.53. The number of anilines is 2. The van der Waals surface area contributed by atoms with E-state index < -0.39 is 0 Å². The molecular formula is C14H14N2O2. The first-order valence-corrected chi connectivity index (χ1v) is 5.55. The molecule has 4 nitrogen and oxygen atoms in total. The van der Waals surface area contributed by atoms with Crippen LogP contribution in [-0.4, -0.2) is 5.91 Å². The Kier molecular flexibility index (Phi) is 3.48. The molecule has 0 heterocycles. The highest BCUT2D eigenvalue weighted by Gasteiger charge is 2.03. The zero-order valence-corrected chi connectivity index (χ0v) is 10.0. The Morgan fingerprint density at radius 2 is 1.83 bits per heavy atom. The number of amides is 1. The largest absolute Gasteiger partial charge is 0.457 e. The van der Waals surface area contributed by atoms with Crippen molar-refractivity contribution in [1.82, 2.24) is 0 Å². The number of nitrogens with one attached hydrogen (secondary N) is 1. The Morgan fingerprint density at radius 3 is 2.44 bits per heavy atom. The van der Waals surface area contributed by atoms with Gasteiger partial charge in [-0.2, -0.15) is 0 Å². The van der Waals surface area contributed by atoms with Crippen molar-refractivity contribution in [3.8, 4) is 11.5 Å². The number of rotatable bonds is 3. The lowest BCUT2D eigenvalue weighted by Crippen LogP contribution is -2.07. The first-order valence-electron chi connectivity index (χ1n) is 5.55. The minimum atomic E-state index is -0.154. The third-order valence-corrected chi connectivity index (χ3v) is 2.31. The molecule has 4 heteroatoms. The number of nitrogen functional groups attached to an aromatic ring is 1. The topological polar surface area (TPSA) is 64.3 Å². The summed E-state index contributed by atoms with van der Waals surface area (Å²) in [7, 11) is 0. The number of benzene rings is 2. The van der Waals surface area contributed by atoms with Crippen molar-refractivity contribution in [2.24, 2.45) is 0 Å². The highest BCUT2D eigenvalue weighted by atomic mass is 16.5. The molecule has 0 unspecified atom stereocenters. The summed E-state index contributed by atoms with van der Waals surface area (Å²) in [6.45, 7) is 1.44. The van der Waals surface area contributed by atoms with E-state index in [9.17, 15) is 4.79 Å². The molecule has 92 valence electrons. The molecule has 0 radical (unpaired) electrons. The minimum absolute atomic E-state index is 0.154. The van der Waals surface area contributed by atoms with Crippen LogP contribution in [0.25, 0.3) is 0 Å². The molecule has 0 saturated carbocycles. The Morgan fingerprint density at radius 1 is 1.11 bits per heavy atom. The number of ether oxygens (including phenoxy) is 1. The van der Waals surface area contributed by atoms with Gasteiger partial charge in [-0.05, 0) is 24.3 Å². The van der Waals surface area contributed by atoms with Gasteiger partial charge in [0, 0.05) is 13.0 Å². The maximum atomic E-state index is 10.9. The smallest absolute Gasteiger partial charge is 0.221 e. The van der Waals surface area contributed by atoms with Crippen molar-refractivity contribution in [3.05, 3.63) is 48.5 Å². The molecule has 0 saturated heterocycles. The normalized spacial score (nSPS) is 9.83. The molecule has 2 rings (SSSR count). The van der Waals surface area contributed by atoms with Gasteiger partial charge in [0.25, 0.3) is 0 Å². The second-order valence-corrected chi connectivity index (χ2v) is 3.85. The third-order valence-electron chi connectivity index (χ3n) is 2.31. The first kappa shape index (κ1) is 12.0. The van der Waals surface area contributed by atoms with E-state index in [0.29, 0.717) is 17.1 Å². The standard InChI is InChI=1S/C14H14N2O2/c1-10(17)16-14-8-7-12(9-13(14)15)18-11-5-3-2-4-6-11/h2-9H,15H2,1H3,(H,16,17). The summed E-state index contributed by atoms with van der Waals surface area (Å²) in [5.41, 5.74) is 6.89. The van der Waals surface area contributed by atoms with Gasteiger partial charge < -0.3 is 15.8 Å². The van der Waals surface area contributed by atoms with Crippen molar-refractivity contribution in [2.45, 2.75) is 6.92 Å². The summed E-state index contributed by atoms with van der Waals surface area (Å²) in [6, 6.07) is 14.6. The van der Waals surface area contributed by atoms with E-state index in [0.717, 1.165) is 5.75 Å². The van der Waals surface area contributed by atoms with Gasteiger partial charge in [0.05, 0.1) is 11.4 Å². The van der Waals surface area contributed by atoms with E-state index in [2.05, 4.69) is 5.32 Å². The molecule has 0 atom stereocenters. The third kappa shape index (κ3) is 3.01. The van der Waals surface area contributed by atoms with E-state index in [1.165, 1.54) is 6.92 Å². The molecule has 0 fully saturated rings. The lowest BCUT2D eigenvalue weighted by Gasteiger charge is -2.09. The van der Waals surface area contributed by atoms with Crippen LogP contribution in [0.5, 0.6) is 11.5 Å². The van der Waals surface area contributed by atoms with Gasteiger partial charge >= 0.3 is 0 Å². The maximum Gasteiger partial charge on any atom is 0.221 e. The van der Waals surface area contributed by atoms with E-state index in [-0.39, 0.29) is 5.91 Å². The van der Waals surface area contributed by atoms with Crippen LogP contribution in [-0.2, 0) is 4.79 Å². The summed E-state index contributed by atoms with van der Waals surface area (Å²) < 4.78 is 5.63. The molecule has 2 aromatic rings. The van der Waals surface area contributed by atoms with Crippen LogP contribution in [0.3, 0.4) is 0 Å². The SMILES string of the molecule is CC(=O)Nc1ccc(Oc2ccccc2)cc1N. The van der Waals surface area contributed by atoms with Crippen LogP contribution in [0.15, 0.2) is 48.5 Å². The fourth-order valence-electron chi connectivity index (χ4n) is 1.53. The van der Waals surface area contributed by atoms with Crippen molar-refractivity contribution in [2.75, 3.05) is 11.1 Å². The van der Waals surface area contributed by atoms with Gasteiger partial charge in [0.2, 0.25) is 5.91 Å². The van der Waals surface area contributed by atoms with Gasteiger partial charge in [-0.1, -0.05) is 18.2 Å². The number of para-hydroxylation sites is 1. The quantitative estimate of drug-likeness (QED) is 0.813. The van der Waals surface area contributed by atoms with Gasteiger partial charge in [0.15, 0.2) is 0 Å². The van der Waals surface area contributed by atoms with E-state index >= 15 is 0 Å². The first-order chi connectivity index (χ1) is 8.65. The lowest BCUT2D eigenvalue weighted by atomic mass is 10.2. The molecular weight excluding hydrogens is 228 g/mol. The summed E-state index contributed by atoms with van der Waals surface area (Å²) >= 11 is 0. The van der Waals surface area contributed by atoms with Crippen LogP contribution < -0.4 is 15.8 Å². The van der Waals surface area contributed by atoms with Gasteiger partial charge in [0.1, 0.15) is 11.5 Å². The molecule has 3 N–H and O–H groups in total.